The number of nitrogens with one attached hydrogen (secondary N) is 1. The molecule has 2 rings (SSSR count). The zero-order valence-corrected chi connectivity index (χ0v) is 11.4. The molecule has 2 atom stereocenters. The molecule has 0 spiro atoms. The van der Waals surface area contributed by atoms with E-state index in [0.717, 1.165) is 31.4 Å². The van der Waals surface area contributed by atoms with E-state index >= 15 is 0 Å². The highest BCUT2D eigenvalue weighted by molar-refractivity contribution is 5.29. The Labute approximate surface area is 109 Å². The zero-order valence-electron chi connectivity index (χ0n) is 11.4. The maximum absolute atomic E-state index is 14.0. The van der Waals surface area contributed by atoms with Crippen molar-refractivity contribution in [1.29, 1.82) is 0 Å². The highest BCUT2D eigenvalue weighted by atomic mass is 19.1. The van der Waals surface area contributed by atoms with Gasteiger partial charge in [0, 0.05) is 12.2 Å². The van der Waals surface area contributed by atoms with Gasteiger partial charge in [0.1, 0.15) is 5.82 Å². The van der Waals surface area contributed by atoms with Crippen LogP contribution in [0.15, 0.2) is 18.2 Å². The van der Waals surface area contributed by atoms with E-state index in [1.165, 1.54) is 0 Å². The van der Waals surface area contributed by atoms with Crippen molar-refractivity contribution in [3.8, 4) is 0 Å². The molecule has 0 bridgehead atoms. The second-order valence-electron chi connectivity index (χ2n) is 5.36. The molecule has 2 nitrogen and oxygen atoms in total. The summed E-state index contributed by atoms with van der Waals surface area (Å²) < 4.78 is 20.0. The van der Waals surface area contributed by atoms with Crippen LogP contribution in [0.1, 0.15) is 43.4 Å². The van der Waals surface area contributed by atoms with Gasteiger partial charge in [-0.25, -0.2) is 4.39 Å². The van der Waals surface area contributed by atoms with Crippen molar-refractivity contribution in [2.45, 2.75) is 44.8 Å². The second kappa shape index (κ2) is 5.37. The van der Waals surface area contributed by atoms with Gasteiger partial charge in [0.05, 0.1) is 11.6 Å². The number of ether oxygens (including phenoxy) is 1. The fourth-order valence-electron chi connectivity index (χ4n) is 2.86. The maximum atomic E-state index is 14.0. The topological polar surface area (TPSA) is 21.3 Å². The number of aryl methyl sites for hydroxylation is 1. The van der Waals surface area contributed by atoms with Crippen molar-refractivity contribution >= 4 is 0 Å². The molecule has 18 heavy (non-hydrogen) atoms. The molecule has 0 aliphatic carbocycles. The van der Waals surface area contributed by atoms with E-state index in [4.69, 9.17) is 4.74 Å². The van der Waals surface area contributed by atoms with Gasteiger partial charge in [0.2, 0.25) is 0 Å². The molecule has 1 aliphatic rings. The number of halogens is 1. The van der Waals surface area contributed by atoms with Crippen LogP contribution in [0.2, 0.25) is 0 Å². The van der Waals surface area contributed by atoms with Gasteiger partial charge in [-0.2, -0.15) is 0 Å². The lowest BCUT2D eigenvalue weighted by Crippen LogP contribution is -2.45. The second-order valence-corrected chi connectivity index (χ2v) is 5.36. The molecule has 1 N–H and O–H groups in total. The van der Waals surface area contributed by atoms with Crippen LogP contribution in [-0.2, 0) is 4.74 Å². The van der Waals surface area contributed by atoms with Crippen LogP contribution in [0.4, 0.5) is 4.39 Å². The third-order valence-electron chi connectivity index (χ3n) is 3.86. The Balaban J connectivity index is 2.35. The monoisotopic (exact) mass is 251 g/mol. The molecule has 0 amide bonds. The van der Waals surface area contributed by atoms with Crippen molar-refractivity contribution in [2.24, 2.45) is 0 Å². The van der Waals surface area contributed by atoms with Gasteiger partial charge in [-0.1, -0.05) is 17.7 Å². The molecule has 1 aliphatic heterocycles. The molecule has 2 unspecified atom stereocenters. The summed E-state index contributed by atoms with van der Waals surface area (Å²) in [7, 11) is 1.87. The summed E-state index contributed by atoms with van der Waals surface area (Å²) in [5.41, 5.74) is 1.47. The molecule has 100 valence electrons. The molecule has 0 radical (unpaired) electrons. The Morgan fingerprint density at radius 3 is 2.78 bits per heavy atom. The summed E-state index contributed by atoms with van der Waals surface area (Å²) in [4.78, 5) is 0. The average Bonchev–Trinajstić information content (AvgIpc) is 2.35. The van der Waals surface area contributed by atoms with Gasteiger partial charge in [-0.3, -0.25) is 0 Å². The van der Waals surface area contributed by atoms with Crippen molar-refractivity contribution < 1.29 is 9.13 Å². The van der Waals surface area contributed by atoms with Crippen LogP contribution < -0.4 is 5.32 Å². The molecule has 0 saturated carbocycles. The zero-order chi connectivity index (χ0) is 13.2. The minimum atomic E-state index is -0.318. The van der Waals surface area contributed by atoms with Crippen molar-refractivity contribution in [3.63, 3.8) is 0 Å². The lowest BCUT2D eigenvalue weighted by Gasteiger charge is -2.41. The van der Waals surface area contributed by atoms with E-state index < -0.39 is 0 Å². The summed E-state index contributed by atoms with van der Waals surface area (Å²) in [5, 5.41) is 3.23. The van der Waals surface area contributed by atoms with E-state index in [0.29, 0.717) is 5.56 Å². The van der Waals surface area contributed by atoms with Crippen molar-refractivity contribution in [2.75, 3.05) is 13.7 Å². The van der Waals surface area contributed by atoms with E-state index in [1.807, 2.05) is 20.0 Å². The van der Waals surface area contributed by atoms with Crippen molar-refractivity contribution in [1.82, 2.24) is 5.32 Å². The van der Waals surface area contributed by atoms with Gasteiger partial charge in [-0.05, 0) is 46.2 Å². The summed E-state index contributed by atoms with van der Waals surface area (Å²) >= 11 is 0. The SMILES string of the molecule is CNC(c1cc(C)ccc1F)C1(C)CCCCO1. The molecule has 1 fully saturated rings. The average molecular weight is 251 g/mol. The van der Waals surface area contributed by atoms with Crippen LogP contribution in [0.5, 0.6) is 0 Å². The Hall–Kier alpha value is -0.930. The van der Waals surface area contributed by atoms with Gasteiger partial charge >= 0.3 is 0 Å². The summed E-state index contributed by atoms with van der Waals surface area (Å²) in [6, 6.07) is 5.16. The summed E-state index contributed by atoms with van der Waals surface area (Å²) in [6.45, 7) is 4.83. The van der Waals surface area contributed by atoms with Crippen LogP contribution in [0.3, 0.4) is 0 Å². The predicted octanol–water partition coefficient (Wildman–Crippen LogP) is 3.35. The summed E-state index contributed by atoms with van der Waals surface area (Å²) in [5.74, 6) is -0.157. The standard InChI is InChI=1S/C15H22FNO/c1-11-6-7-13(16)12(10-11)14(17-3)15(2)8-4-5-9-18-15/h6-7,10,14,17H,4-5,8-9H2,1-3H3. The molecule has 1 heterocycles. The number of hydrogen-bond acceptors (Lipinski definition) is 2. The Bertz CT molecular complexity index is 413. The van der Waals surface area contributed by atoms with Gasteiger partial charge < -0.3 is 10.1 Å². The Kier molecular flexibility index (Phi) is 4.03. The predicted molar refractivity (Wildman–Crippen MR) is 71.1 cm³/mol. The van der Waals surface area contributed by atoms with E-state index in [9.17, 15) is 4.39 Å². The Morgan fingerprint density at radius 2 is 2.17 bits per heavy atom. The van der Waals surface area contributed by atoms with Gasteiger partial charge in [0.25, 0.3) is 0 Å². The molecule has 1 aromatic rings. The fourth-order valence-corrected chi connectivity index (χ4v) is 2.86. The van der Waals surface area contributed by atoms with Gasteiger partial charge in [-0.15, -0.1) is 0 Å². The third kappa shape index (κ3) is 2.57. The molecule has 0 aromatic heterocycles. The molecule has 1 aromatic carbocycles. The van der Waals surface area contributed by atoms with E-state index in [-0.39, 0.29) is 17.5 Å². The quantitative estimate of drug-likeness (QED) is 0.889. The molecule has 1 saturated heterocycles. The van der Waals surface area contributed by atoms with Crippen LogP contribution in [0.25, 0.3) is 0 Å². The Morgan fingerprint density at radius 1 is 1.39 bits per heavy atom. The van der Waals surface area contributed by atoms with Crippen LogP contribution >= 0.6 is 0 Å². The van der Waals surface area contributed by atoms with Crippen LogP contribution in [0, 0.1) is 12.7 Å². The molecule has 3 heteroatoms. The highest BCUT2D eigenvalue weighted by Gasteiger charge is 2.38. The maximum Gasteiger partial charge on any atom is 0.128 e. The van der Waals surface area contributed by atoms with E-state index in [1.54, 1.807) is 12.1 Å². The number of hydrogen-bond donors (Lipinski definition) is 1. The van der Waals surface area contributed by atoms with Crippen molar-refractivity contribution in [3.05, 3.63) is 35.1 Å². The van der Waals surface area contributed by atoms with Crippen LogP contribution in [-0.4, -0.2) is 19.3 Å². The number of benzene rings is 1. The lowest BCUT2D eigenvalue weighted by molar-refractivity contribution is -0.0890. The number of rotatable bonds is 3. The minimum absolute atomic E-state index is 0.0994. The summed E-state index contributed by atoms with van der Waals surface area (Å²) in [6.07, 6.45) is 3.20. The molecular weight excluding hydrogens is 229 g/mol. The lowest BCUT2D eigenvalue weighted by atomic mass is 9.83. The van der Waals surface area contributed by atoms with Gasteiger partial charge in [0.15, 0.2) is 0 Å². The first-order chi connectivity index (χ1) is 8.57. The normalized spacial score (nSPS) is 26.0. The first-order valence-corrected chi connectivity index (χ1v) is 6.64. The largest absolute Gasteiger partial charge is 0.373 e. The third-order valence-corrected chi connectivity index (χ3v) is 3.86. The minimum Gasteiger partial charge on any atom is -0.373 e. The smallest absolute Gasteiger partial charge is 0.128 e. The highest BCUT2D eigenvalue weighted by Crippen LogP contribution is 2.37. The van der Waals surface area contributed by atoms with E-state index in [2.05, 4.69) is 12.2 Å². The first kappa shape index (κ1) is 13.5. The fraction of sp³-hybridized carbons (Fsp3) is 0.600. The number of likely N-dealkylation sites (N-methyl/N-ethyl adjacent to an activating group) is 1. The molecular formula is C15H22FNO. The first-order valence-electron chi connectivity index (χ1n) is 6.64.